The second kappa shape index (κ2) is 10.3. The van der Waals surface area contributed by atoms with Gasteiger partial charge in [0.2, 0.25) is 11.8 Å². The summed E-state index contributed by atoms with van der Waals surface area (Å²) in [5, 5.41) is 11.4. The monoisotopic (exact) mass is 435 g/mol. The molecule has 2 aromatic heterocycles. The zero-order chi connectivity index (χ0) is 21.5. The molecule has 8 heteroatoms. The van der Waals surface area contributed by atoms with Crippen LogP contribution < -0.4 is 5.32 Å². The lowest BCUT2D eigenvalue weighted by molar-refractivity contribution is -0.113. The minimum atomic E-state index is -0.210. The van der Waals surface area contributed by atoms with Crippen LogP contribution in [0.2, 0.25) is 0 Å². The summed E-state index contributed by atoms with van der Waals surface area (Å²) in [5.41, 5.74) is 2.86. The maximum Gasteiger partial charge on any atom is 0.322 e. The van der Waals surface area contributed by atoms with Gasteiger partial charge in [0.1, 0.15) is 0 Å². The number of amides is 1. The largest absolute Gasteiger partial charge is 0.403 e. The Labute approximate surface area is 185 Å². The van der Waals surface area contributed by atoms with E-state index in [2.05, 4.69) is 33.1 Å². The molecule has 0 bridgehead atoms. The summed E-state index contributed by atoms with van der Waals surface area (Å²) in [6.07, 6.45) is 4.72. The van der Waals surface area contributed by atoms with Gasteiger partial charge in [0.15, 0.2) is 5.16 Å². The Kier molecular flexibility index (Phi) is 6.99. The fraction of sp³-hybridized carbons (Fsp3) is 0.304. The Hall–Kier alpha value is -3.13. The molecule has 7 nitrogen and oxygen atoms in total. The highest BCUT2D eigenvalue weighted by Gasteiger charge is 2.15. The molecule has 160 valence electrons. The summed E-state index contributed by atoms with van der Waals surface area (Å²) in [7, 11) is 0. The minimum Gasteiger partial charge on any atom is -0.403 e. The number of aryl methyl sites for hydroxylation is 1. The number of para-hydroxylation sites is 2. The molecule has 31 heavy (non-hydrogen) atoms. The van der Waals surface area contributed by atoms with E-state index in [-0.39, 0.29) is 17.7 Å². The van der Waals surface area contributed by atoms with Crippen LogP contribution in [-0.4, -0.2) is 31.4 Å². The number of hydrogen-bond donors (Lipinski definition) is 1. The molecule has 4 rings (SSSR count). The molecule has 0 saturated carbocycles. The molecule has 2 heterocycles. The van der Waals surface area contributed by atoms with Gasteiger partial charge in [0.05, 0.1) is 16.8 Å². The van der Waals surface area contributed by atoms with Gasteiger partial charge in [-0.05, 0) is 30.7 Å². The molecular formula is C23H25N5O2S. The van der Waals surface area contributed by atoms with E-state index in [1.165, 1.54) is 31.0 Å². The first-order chi connectivity index (χ1) is 15.2. The van der Waals surface area contributed by atoms with Gasteiger partial charge >= 0.3 is 6.01 Å². The van der Waals surface area contributed by atoms with Crippen molar-refractivity contribution in [3.63, 3.8) is 0 Å². The molecule has 0 saturated heterocycles. The molecule has 0 aliphatic carbocycles. The number of aromatic nitrogens is 4. The van der Waals surface area contributed by atoms with Gasteiger partial charge in [-0.15, -0.1) is 5.10 Å². The Morgan fingerprint density at radius 3 is 2.68 bits per heavy atom. The first kappa shape index (κ1) is 21.1. The van der Waals surface area contributed by atoms with E-state index in [1.807, 2.05) is 48.5 Å². The third-order valence-electron chi connectivity index (χ3n) is 4.88. The van der Waals surface area contributed by atoms with Gasteiger partial charge in [-0.25, -0.2) is 4.98 Å². The molecule has 0 aliphatic heterocycles. The third kappa shape index (κ3) is 5.32. The normalized spacial score (nSPS) is 11.1. The summed E-state index contributed by atoms with van der Waals surface area (Å²) in [6.45, 7) is 3.10. The predicted octanol–water partition coefficient (Wildman–Crippen LogP) is 5.40. The molecular weight excluding hydrogens is 410 g/mol. The number of carbonyl (C=O) groups excluding carboxylic acids is 1. The van der Waals surface area contributed by atoms with E-state index < -0.39 is 0 Å². The second-order valence-electron chi connectivity index (χ2n) is 7.21. The van der Waals surface area contributed by atoms with Gasteiger partial charge in [0, 0.05) is 12.1 Å². The second-order valence-corrected chi connectivity index (χ2v) is 8.15. The number of nitrogens with one attached hydrogen (secondary N) is 1. The third-order valence-corrected chi connectivity index (χ3v) is 5.86. The Morgan fingerprint density at radius 1 is 1.03 bits per heavy atom. The Bertz CT molecular complexity index is 1140. The summed E-state index contributed by atoms with van der Waals surface area (Å²) >= 11 is 1.42. The van der Waals surface area contributed by atoms with E-state index in [4.69, 9.17) is 9.40 Å². The van der Waals surface area contributed by atoms with Crippen molar-refractivity contribution < 1.29 is 9.21 Å². The van der Waals surface area contributed by atoms with Crippen molar-refractivity contribution in [2.24, 2.45) is 0 Å². The van der Waals surface area contributed by atoms with Crippen molar-refractivity contribution in [2.45, 2.75) is 44.3 Å². The van der Waals surface area contributed by atoms with E-state index in [0.717, 1.165) is 34.7 Å². The molecule has 1 amide bonds. The van der Waals surface area contributed by atoms with E-state index in [1.54, 1.807) is 0 Å². The van der Waals surface area contributed by atoms with Gasteiger partial charge in [0.25, 0.3) is 0 Å². The summed E-state index contributed by atoms with van der Waals surface area (Å²) in [6, 6.07) is 17.6. The minimum absolute atomic E-state index is 0.0949. The van der Waals surface area contributed by atoms with Gasteiger partial charge < -0.3 is 8.98 Å². The van der Waals surface area contributed by atoms with Crippen LogP contribution >= 0.6 is 11.8 Å². The van der Waals surface area contributed by atoms with Gasteiger partial charge in [-0.1, -0.05) is 73.4 Å². The fourth-order valence-corrected chi connectivity index (χ4v) is 4.17. The summed E-state index contributed by atoms with van der Waals surface area (Å²) in [5.74, 6) is 0.372. The average molecular weight is 436 g/mol. The number of anilines is 1. The Balaban J connectivity index is 1.39. The van der Waals surface area contributed by atoms with E-state index in [9.17, 15) is 4.79 Å². The Morgan fingerprint density at radius 2 is 1.84 bits per heavy atom. The number of imidazole rings is 1. The number of hydrogen-bond acceptors (Lipinski definition) is 6. The predicted molar refractivity (Wildman–Crippen MR) is 123 cm³/mol. The molecule has 4 aromatic rings. The van der Waals surface area contributed by atoms with Crippen LogP contribution in [0.3, 0.4) is 0 Å². The lowest BCUT2D eigenvalue weighted by Crippen LogP contribution is -2.15. The maximum absolute atomic E-state index is 12.5. The topological polar surface area (TPSA) is 85.8 Å². The van der Waals surface area contributed by atoms with Crippen LogP contribution in [0, 0.1) is 0 Å². The highest BCUT2D eigenvalue weighted by molar-refractivity contribution is 7.99. The SMILES string of the molecule is CCCCCCn1c(SCC(=O)Nc2nnc(-c3ccccc3)o2)nc2ccccc21. The van der Waals surface area contributed by atoms with Crippen molar-refractivity contribution in [3.8, 4) is 11.5 Å². The standard InChI is InChI=1S/C23H25N5O2S/c1-2-3-4-10-15-28-19-14-9-8-13-18(19)24-23(28)31-16-20(29)25-22-27-26-21(30-22)17-11-6-5-7-12-17/h5-9,11-14H,2-4,10,15-16H2,1H3,(H,25,27,29). The van der Waals surface area contributed by atoms with E-state index >= 15 is 0 Å². The van der Waals surface area contributed by atoms with Crippen molar-refractivity contribution in [3.05, 3.63) is 54.6 Å². The molecule has 0 atom stereocenters. The number of nitrogens with zero attached hydrogens (tertiary/aromatic N) is 4. The number of thioether (sulfide) groups is 1. The van der Waals surface area contributed by atoms with Crippen molar-refractivity contribution in [1.82, 2.24) is 19.7 Å². The van der Waals surface area contributed by atoms with E-state index in [0.29, 0.717) is 5.89 Å². The fourth-order valence-electron chi connectivity index (χ4n) is 3.33. The number of rotatable bonds is 10. The average Bonchev–Trinajstić information content (AvgIpc) is 3.40. The zero-order valence-corrected chi connectivity index (χ0v) is 18.3. The molecule has 1 N–H and O–H groups in total. The first-order valence-electron chi connectivity index (χ1n) is 10.5. The van der Waals surface area contributed by atoms with Crippen LogP contribution in [0.1, 0.15) is 32.6 Å². The smallest absolute Gasteiger partial charge is 0.322 e. The zero-order valence-electron chi connectivity index (χ0n) is 17.5. The number of unbranched alkanes of at least 4 members (excludes halogenated alkanes) is 3. The van der Waals surface area contributed by atoms with Crippen molar-refractivity contribution in [1.29, 1.82) is 0 Å². The lowest BCUT2D eigenvalue weighted by Gasteiger charge is -2.08. The van der Waals surface area contributed by atoms with Crippen LogP contribution in [-0.2, 0) is 11.3 Å². The lowest BCUT2D eigenvalue weighted by atomic mass is 10.2. The van der Waals surface area contributed by atoms with Crippen LogP contribution in [0.25, 0.3) is 22.5 Å². The number of fused-ring (bicyclic) bond motifs is 1. The molecule has 0 radical (unpaired) electrons. The molecule has 0 unspecified atom stereocenters. The summed E-state index contributed by atoms with van der Waals surface area (Å²) in [4.78, 5) is 17.2. The highest BCUT2D eigenvalue weighted by atomic mass is 32.2. The van der Waals surface area contributed by atoms with Crippen LogP contribution in [0.5, 0.6) is 0 Å². The number of benzene rings is 2. The number of carbonyl (C=O) groups is 1. The van der Waals surface area contributed by atoms with Gasteiger partial charge in [-0.3, -0.25) is 10.1 Å². The maximum atomic E-state index is 12.5. The molecule has 2 aromatic carbocycles. The van der Waals surface area contributed by atoms with Crippen LogP contribution in [0.4, 0.5) is 6.01 Å². The first-order valence-corrected chi connectivity index (χ1v) is 11.5. The molecule has 0 aliphatic rings. The van der Waals surface area contributed by atoms with Crippen molar-refractivity contribution >= 4 is 34.7 Å². The van der Waals surface area contributed by atoms with Gasteiger partial charge in [-0.2, -0.15) is 0 Å². The van der Waals surface area contributed by atoms with Crippen molar-refractivity contribution in [2.75, 3.05) is 11.1 Å². The summed E-state index contributed by atoms with van der Waals surface area (Å²) < 4.78 is 7.77. The molecule has 0 fully saturated rings. The molecule has 0 spiro atoms. The van der Waals surface area contributed by atoms with Crippen LogP contribution in [0.15, 0.2) is 64.2 Å². The highest BCUT2D eigenvalue weighted by Crippen LogP contribution is 2.25. The quantitative estimate of drug-likeness (QED) is 0.265.